The van der Waals surface area contributed by atoms with Gasteiger partial charge in [0.2, 0.25) is 5.91 Å². The van der Waals surface area contributed by atoms with Crippen LogP contribution in [0, 0.1) is 0 Å². The van der Waals surface area contributed by atoms with Crippen LogP contribution in [-0.2, 0) is 17.8 Å². The normalized spacial score (nSPS) is 18.8. The van der Waals surface area contributed by atoms with E-state index in [1.807, 2.05) is 16.8 Å². The molecule has 6 heteroatoms. The number of hydrogen-bond acceptors (Lipinski definition) is 4. The summed E-state index contributed by atoms with van der Waals surface area (Å²) in [6, 6.07) is 7.01. The van der Waals surface area contributed by atoms with Crippen LogP contribution in [0.5, 0.6) is 5.75 Å². The Kier molecular flexibility index (Phi) is 3.14. The Morgan fingerprint density at radius 2 is 2.10 bits per heavy atom. The molecule has 0 fully saturated rings. The Bertz CT molecular complexity index is 620. The lowest BCUT2D eigenvalue weighted by Crippen LogP contribution is -2.25. The van der Waals surface area contributed by atoms with Crippen molar-refractivity contribution in [3.05, 3.63) is 41.7 Å². The summed E-state index contributed by atoms with van der Waals surface area (Å²) in [4.78, 5) is 13.8. The molecule has 1 aliphatic rings. The molecular formula is C14H16N4O2. The van der Waals surface area contributed by atoms with Gasteiger partial charge in [-0.25, -0.2) is 4.68 Å². The number of aromatic nitrogens is 3. The van der Waals surface area contributed by atoms with Gasteiger partial charge in [-0.3, -0.25) is 4.79 Å². The second-order valence-electron chi connectivity index (χ2n) is 5.15. The minimum atomic E-state index is -0.0329. The Balaban J connectivity index is 1.88. The quantitative estimate of drug-likeness (QED) is 0.889. The zero-order chi connectivity index (χ0) is 14.1. The van der Waals surface area contributed by atoms with Crippen LogP contribution in [0.2, 0.25) is 0 Å². The summed E-state index contributed by atoms with van der Waals surface area (Å²) in [5.74, 6) is 0.353. The van der Waals surface area contributed by atoms with E-state index in [2.05, 4.69) is 10.3 Å². The maximum Gasteiger partial charge on any atom is 0.224 e. The van der Waals surface area contributed by atoms with Gasteiger partial charge in [-0.15, -0.1) is 5.10 Å². The third-order valence-corrected chi connectivity index (χ3v) is 3.64. The van der Waals surface area contributed by atoms with Crippen LogP contribution in [0.3, 0.4) is 0 Å². The monoisotopic (exact) mass is 272 g/mol. The van der Waals surface area contributed by atoms with E-state index in [4.69, 9.17) is 0 Å². The first-order valence-electron chi connectivity index (χ1n) is 6.54. The molecule has 2 aromatic rings. The smallest absolute Gasteiger partial charge is 0.224 e. The van der Waals surface area contributed by atoms with Gasteiger partial charge in [0, 0.05) is 13.5 Å². The summed E-state index contributed by atoms with van der Waals surface area (Å²) in [5.41, 5.74) is 2.01. The van der Waals surface area contributed by atoms with E-state index in [1.165, 1.54) is 0 Å². The summed E-state index contributed by atoms with van der Waals surface area (Å²) >= 11 is 0. The number of phenolic OH excluding ortho intramolecular Hbond substituents is 1. The van der Waals surface area contributed by atoms with Gasteiger partial charge in [0.1, 0.15) is 5.75 Å². The van der Waals surface area contributed by atoms with Gasteiger partial charge < -0.3 is 10.0 Å². The number of fused-ring (bicyclic) bond motifs is 1. The highest BCUT2D eigenvalue weighted by molar-refractivity contribution is 5.76. The highest BCUT2D eigenvalue weighted by Gasteiger charge is 2.26. The third kappa shape index (κ3) is 2.36. The minimum absolute atomic E-state index is 0.0329. The average molecular weight is 272 g/mol. The predicted octanol–water partition coefficient (Wildman–Crippen LogP) is 1.13. The molecule has 1 amide bonds. The lowest BCUT2D eigenvalue weighted by molar-refractivity contribution is -0.130. The van der Waals surface area contributed by atoms with Crippen molar-refractivity contribution in [2.24, 2.45) is 0 Å². The number of phenols is 1. The van der Waals surface area contributed by atoms with Crippen molar-refractivity contribution in [3.8, 4) is 5.75 Å². The molecule has 1 aromatic heterocycles. The molecule has 0 aliphatic carbocycles. The predicted molar refractivity (Wildman–Crippen MR) is 72.0 cm³/mol. The molecule has 2 heterocycles. The van der Waals surface area contributed by atoms with Crippen LogP contribution in [0.15, 0.2) is 30.5 Å². The van der Waals surface area contributed by atoms with Crippen LogP contribution in [0.1, 0.15) is 23.7 Å². The topological polar surface area (TPSA) is 71.2 Å². The van der Waals surface area contributed by atoms with Crippen molar-refractivity contribution in [1.29, 1.82) is 0 Å². The van der Waals surface area contributed by atoms with Crippen molar-refractivity contribution >= 4 is 5.91 Å². The maximum absolute atomic E-state index is 12.1. The molecule has 0 bridgehead atoms. The average Bonchev–Trinajstić information content (AvgIpc) is 2.84. The number of hydrogen-bond donors (Lipinski definition) is 1. The first-order chi connectivity index (χ1) is 9.63. The fourth-order valence-corrected chi connectivity index (χ4v) is 2.52. The molecule has 1 N–H and O–H groups in total. The molecular weight excluding hydrogens is 256 g/mol. The Morgan fingerprint density at radius 3 is 2.85 bits per heavy atom. The van der Waals surface area contributed by atoms with Crippen molar-refractivity contribution in [2.45, 2.75) is 25.4 Å². The molecule has 0 saturated heterocycles. The molecule has 3 rings (SSSR count). The number of nitrogens with zero attached hydrogens (tertiary/aromatic N) is 4. The van der Waals surface area contributed by atoms with Gasteiger partial charge in [-0.2, -0.15) is 0 Å². The molecule has 0 unspecified atom stereocenters. The van der Waals surface area contributed by atoms with E-state index < -0.39 is 0 Å². The summed E-state index contributed by atoms with van der Waals surface area (Å²) < 4.78 is 1.84. The molecule has 1 atom stereocenters. The molecule has 20 heavy (non-hydrogen) atoms. The van der Waals surface area contributed by atoms with Gasteiger partial charge in [0.05, 0.1) is 24.5 Å². The number of carbonyl (C=O) groups is 1. The highest BCUT2D eigenvalue weighted by Crippen LogP contribution is 2.24. The zero-order valence-electron chi connectivity index (χ0n) is 11.2. The van der Waals surface area contributed by atoms with Crippen LogP contribution < -0.4 is 0 Å². The van der Waals surface area contributed by atoms with Crippen LogP contribution in [-0.4, -0.2) is 38.0 Å². The van der Waals surface area contributed by atoms with Gasteiger partial charge in [-0.1, -0.05) is 17.3 Å². The van der Waals surface area contributed by atoms with E-state index in [0.29, 0.717) is 19.4 Å². The molecule has 0 saturated carbocycles. The van der Waals surface area contributed by atoms with E-state index in [-0.39, 0.29) is 17.7 Å². The Hall–Kier alpha value is -2.37. The maximum atomic E-state index is 12.1. The molecule has 6 nitrogen and oxygen atoms in total. The van der Waals surface area contributed by atoms with E-state index in [1.54, 1.807) is 30.3 Å². The standard InChI is InChI=1S/C14H16N4O2/c1-17-9-12-8-15-16-18(12)11(7-14(17)20)6-10-2-4-13(19)5-3-10/h2-5,8,11,19H,6-7,9H2,1H3/t11-/m0/s1. The summed E-state index contributed by atoms with van der Waals surface area (Å²) in [7, 11) is 1.79. The number of amides is 1. The number of benzene rings is 1. The van der Waals surface area contributed by atoms with Crippen LogP contribution >= 0.6 is 0 Å². The SMILES string of the molecule is CN1Cc2cnnn2[C@@H](Cc2ccc(O)cc2)CC1=O. The second kappa shape index (κ2) is 4.96. The van der Waals surface area contributed by atoms with Gasteiger partial charge >= 0.3 is 0 Å². The van der Waals surface area contributed by atoms with Gasteiger partial charge in [0.15, 0.2) is 0 Å². The molecule has 1 aliphatic heterocycles. The number of aromatic hydroxyl groups is 1. The fourth-order valence-electron chi connectivity index (χ4n) is 2.52. The van der Waals surface area contributed by atoms with Crippen LogP contribution in [0.4, 0.5) is 0 Å². The van der Waals surface area contributed by atoms with E-state index in [0.717, 1.165) is 11.3 Å². The van der Waals surface area contributed by atoms with Crippen molar-refractivity contribution in [2.75, 3.05) is 7.05 Å². The minimum Gasteiger partial charge on any atom is -0.508 e. The van der Waals surface area contributed by atoms with Crippen molar-refractivity contribution in [1.82, 2.24) is 19.9 Å². The Labute approximate surface area is 116 Å². The molecule has 0 spiro atoms. The summed E-state index contributed by atoms with van der Waals surface area (Å²) in [6.07, 6.45) is 2.81. The van der Waals surface area contributed by atoms with Gasteiger partial charge in [0.25, 0.3) is 0 Å². The van der Waals surface area contributed by atoms with E-state index >= 15 is 0 Å². The largest absolute Gasteiger partial charge is 0.508 e. The zero-order valence-corrected chi connectivity index (χ0v) is 11.2. The highest BCUT2D eigenvalue weighted by atomic mass is 16.3. The lowest BCUT2D eigenvalue weighted by Gasteiger charge is -2.16. The first-order valence-corrected chi connectivity index (χ1v) is 6.54. The molecule has 1 aromatic carbocycles. The first kappa shape index (κ1) is 12.7. The van der Waals surface area contributed by atoms with Crippen LogP contribution in [0.25, 0.3) is 0 Å². The number of carbonyl (C=O) groups excluding carboxylic acids is 1. The van der Waals surface area contributed by atoms with Crippen molar-refractivity contribution < 1.29 is 9.90 Å². The second-order valence-corrected chi connectivity index (χ2v) is 5.15. The summed E-state index contributed by atoms with van der Waals surface area (Å²) in [5, 5.41) is 17.4. The number of rotatable bonds is 2. The fraction of sp³-hybridized carbons (Fsp3) is 0.357. The van der Waals surface area contributed by atoms with Gasteiger partial charge in [-0.05, 0) is 24.1 Å². The molecule has 104 valence electrons. The summed E-state index contributed by atoms with van der Waals surface area (Å²) in [6.45, 7) is 0.540. The molecule has 0 radical (unpaired) electrons. The van der Waals surface area contributed by atoms with E-state index in [9.17, 15) is 9.90 Å². The Morgan fingerprint density at radius 1 is 1.35 bits per heavy atom. The lowest BCUT2D eigenvalue weighted by atomic mass is 10.0. The van der Waals surface area contributed by atoms with Crippen molar-refractivity contribution in [3.63, 3.8) is 0 Å². The third-order valence-electron chi connectivity index (χ3n) is 3.64.